The number of benzene rings is 1. The smallest absolute Gasteiger partial charge is 0.180 e. The molecule has 1 aromatic rings. The van der Waals surface area contributed by atoms with Crippen LogP contribution in [0.5, 0.6) is 5.75 Å². The first kappa shape index (κ1) is 16.8. The van der Waals surface area contributed by atoms with E-state index in [1.165, 1.54) is 19.3 Å². The third-order valence-electron chi connectivity index (χ3n) is 4.83. The number of hydrogen-bond acceptors (Lipinski definition) is 4. The SMILES string of the molecule is CCC(C(=O)c1ccc(OC)c(N)c1)N1C(C)CCCC1C. The number of ether oxygens (including phenoxy) is 1. The maximum atomic E-state index is 13.0. The molecule has 3 unspecified atom stereocenters. The van der Waals surface area contributed by atoms with Crippen LogP contribution in [-0.4, -0.2) is 35.9 Å². The average Bonchev–Trinajstić information content (AvgIpc) is 2.50. The van der Waals surface area contributed by atoms with Crippen molar-refractivity contribution in [2.24, 2.45) is 0 Å². The summed E-state index contributed by atoms with van der Waals surface area (Å²) in [4.78, 5) is 15.4. The van der Waals surface area contributed by atoms with Crippen molar-refractivity contribution in [2.75, 3.05) is 12.8 Å². The summed E-state index contributed by atoms with van der Waals surface area (Å²) in [6.45, 7) is 6.55. The fraction of sp³-hybridized carbons (Fsp3) is 0.611. The van der Waals surface area contributed by atoms with E-state index >= 15 is 0 Å². The number of carbonyl (C=O) groups excluding carboxylic acids is 1. The van der Waals surface area contributed by atoms with Crippen LogP contribution in [-0.2, 0) is 0 Å². The molecule has 0 radical (unpaired) electrons. The van der Waals surface area contributed by atoms with E-state index in [1.54, 1.807) is 19.2 Å². The third kappa shape index (κ3) is 3.27. The minimum absolute atomic E-state index is 0.0712. The standard InChI is InChI=1S/C18H28N2O2/c1-5-16(20-12(2)7-6-8-13(20)3)18(21)14-9-10-17(22-4)15(19)11-14/h9-13,16H,5-8,19H2,1-4H3. The molecule has 2 N–H and O–H groups in total. The molecule has 22 heavy (non-hydrogen) atoms. The van der Waals surface area contributed by atoms with Gasteiger partial charge in [0.2, 0.25) is 0 Å². The van der Waals surface area contributed by atoms with Gasteiger partial charge in [0.1, 0.15) is 5.75 Å². The highest BCUT2D eigenvalue weighted by Gasteiger charge is 2.34. The second-order valence-electron chi connectivity index (χ2n) is 6.32. The first-order valence-electron chi connectivity index (χ1n) is 8.24. The molecule has 0 aromatic heterocycles. The summed E-state index contributed by atoms with van der Waals surface area (Å²) in [5, 5.41) is 0. The number of Topliss-reactive ketones (excluding diaryl/α,β-unsaturated/α-hetero) is 1. The molecule has 0 amide bonds. The lowest BCUT2D eigenvalue weighted by Gasteiger charge is -2.43. The summed E-state index contributed by atoms with van der Waals surface area (Å²) in [6, 6.07) is 6.17. The first-order valence-corrected chi connectivity index (χ1v) is 8.24. The fourth-order valence-corrected chi connectivity index (χ4v) is 3.67. The molecule has 0 aliphatic carbocycles. The van der Waals surface area contributed by atoms with Crippen molar-refractivity contribution in [1.29, 1.82) is 0 Å². The van der Waals surface area contributed by atoms with Crippen LogP contribution in [0.3, 0.4) is 0 Å². The molecule has 0 bridgehead atoms. The van der Waals surface area contributed by atoms with Crippen molar-refractivity contribution in [1.82, 2.24) is 4.90 Å². The molecule has 1 aliphatic rings. The molecule has 0 saturated carbocycles. The van der Waals surface area contributed by atoms with Crippen LogP contribution in [0.2, 0.25) is 0 Å². The van der Waals surface area contributed by atoms with E-state index in [0.29, 0.717) is 29.1 Å². The third-order valence-corrected chi connectivity index (χ3v) is 4.83. The Morgan fingerprint density at radius 2 is 2.00 bits per heavy atom. The highest BCUT2D eigenvalue weighted by molar-refractivity contribution is 6.01. The van der Waals surface area contributed by atoms with Crippen LogP contribution in [0.25, 0.3) is 0 Å². The second kappa shape index (κ2) is 7.14. The number of nitrogens with two attached hydrogens (primary N) is 1. The number of nitrogen functional groups attached to an aromatic ring is 1. The van der Waals surface area contributed by atoms with E-state index in [1.807, 2.05) is 6.07 Å². The van der Waals surface area contributed by atoms with Gasteiger partial charge in [-0.15, -0.1) is 0 Å². The molecule has 1 saturated heterocycles. The highest BCUT2D eigenvalue weighted by Crippen LogP contribution is 2.29. The van der Waals surface area contributed by atoms with Crippen LogP contribution in [0.4, 0.5) is 5.69 Å². The van der Waals surface area contributed by atoms with Crippen molar-refractivity contribution in [3.05, 3.63) is 23.8 Å². The van der Waals surface area contributed by atoms with Gasteiger partial charge in [0.15, 0.2) is 5.78 Å². The largest absolute Gasteiger partial charge is 0.495 e. The number of likely N-dealkylation sites (tertiary alicyclic amines) is 1. The maximum Gasteiger partial charge on any atom is 0.180 e. The van der Waals surface area contributed by atoms with E-state index in [9.17, 15) is 4.79 Å². The minimum atomic E-state index is -0.0712. The predicted octanol–water partition coefficient (Wildman–Crippen LogP) is 3.50. The molecule has 122 valence electrons. The summed E-state index contributed by atoms with van der Waals surface area (Å²) < 4.78 is 5.17. The Morgan fingerprint density at radius 3 is 2.50 bits per heavy atom. The summed E-state index contributed by atoms with van der Waals surface area (Å²) in [5.74, 6) is 0.779. The molecule has 1 fully saturated rings. The molecule has 4 nitrogen and oxygen atoms in total. The zero-order valence-electron chi connectivity index (χ0n) is 14.1. The van der Waals surface area contributed by atoms with Gasteiger partial charge in [-0.25, -0.2) is 0 Å². The Hall–Kier alpha value is -1.55. The number of anilines is 1. The van der Waals surface area contributed by atoms with Crippen molar-refractivity contribution in [3.63, 3.8) is 0 Å². The fourth-order valence-electron chi connectivity index (χ4n) is 3.67. The minimum Gasteiger partial charge on any atom is -0.495 e. The number of nitrogens with zero attached hydrogens (tertiary/aromatic N) is 1. The van der Waals surface area contributed by atoms with E-state index in [0.717, 1.165) is 6.42 Å². The average molecular weight is 304 g/mol. The Kier molecular flexibility index (Phi) is 5.46. The second-order valence-corrected chi connectivity index (χ2v) is 6.32. The van der Waals surface area contributed by atoms with Crippen molar-refractivity contribution in [3.8, 4) is 5.75 Å². The quantitative estimate of drug-likeness (QED) is 0.668. The Labute approximate surface area is 133 Å². The van der Waals surface area contributed by atoms with Crippen LogP contribution in [0.1, 0.15) is 56.8 Å². The number of hydrogen-bond donors (Lipinski definition) is 1. The highest BCUT2D eigenvalue weighted by atomic mass is 16.5. The summed E-state index contributed by atoms with van der Waals surface area (Å²) in [5.41, 5.74) is 7.15. The number of carbonyl (C=O) groups is 1. The summed E-state index contributed by atoms with van der Waals surface area (Å²) in [6.07, 6.45) is 4.40. The van der Waals surface area contributed by atoms with E-state index in [-0.39, 0.29) is 11.8 Å². The van der Waals surface area contributed by atoms with Crippen molar-refractivity contribution in [2.45, 2.75) is 64.6 Å². The summed E-state index contributed by atoms with van der Waals surface area (Å²) in [7, 11) is 1.58. The first-order chi connectivity index (χ1) is 10.5. The molecule has 2 rings (SSSR count). The molecule has 0 spiro atoms. The Bertz CT molecular complexity index is 520. The Balaban J connectivity index is 2.26. The lowest BCUT2D eigenvalue weighted by atomic mass is 9.91. The Morgan fingerprint density at radius 1 is 1.36 bits per heavy atom. The van der Waals surface area contributed by atoms with E-state index in [2.05, 4.69) is 25.7 Å². The van der Waals surface area contributed by atoms with E-state index < -0.39 is 0 Å². The molecular weight excluding hydrogens is 276 g/mol. The van der Waals surface area contributed by atoms with Gasteiger partial charge in [-0.3, -0.25) is 9.69 Å². The lowest BCUT2D eigenvalue weighted by molar-refractivity contribution is 0.0432. The summed E-state index contributed by atoms with van der Waals surface area (Å²) >= 11 is 0. The number of rotatable bonds is 5. The van der Waals surface area contributed by atoms with Crippen molar-refractivity contribution < 1.29 is 9.53 Å². The van der Waals surface area contributed by atoms with Gasteiger partial charge in [0.05, 0.1) is 18.8 Å². The van der Waals surface area contributed by atoms with Gasteiger partial charge in [-0.2, -0.15) is 0 Å². The molecular formula is C18H28N2O2. The zero-order chi connectivity index (χ0) is 16.3. The molecule has 3 atom stereocenters. The van der Waals surface area contributed by atoms with Gasteiger partial charge in [0.25, 0.3) is 0 Å². The van der Waals surface area contributed by atoms with Gasteiger partial charge >= 0.3 is 0 Å². The predicted molar refractivity (Wildman–Crippen MR) is 90.4 cm³/mol. The number of ketones is 1. The normalized spacial score (nSPS) is 24.0. The van der Waals surface area contributed by atoms with Crippen LogP contribution >= 0.6 is 0 Å². The topological polar surface area (TPSA) is 55.6 Å². The molecule has 1 aliphatic heterocycles. The van der Waals surface area contributed by atoms with Crippen LogP contribution in [0.15, 0.2) is 18.2 Å². The number of piperidine rings is 1. The van der Waals surface area contributed by atoms with Gasteiger partial charge in [0, 0.05) is 17.6 Å². The van der Waals surface area contributed by atoms with Crippen molar-refractivity contribution >= 4 is 11.5 Å². The van der Waals surface area contributed by atoms with Gasteiger partial charge < -0.3 is 10.5 Å². The zero-order valence-corrected chi connectivity index (χ0v) is 14.1. The molecule has 4 heteroatoms. The maximum absolute atomic E-state index is 13.0. The van der Waals surface area contributed by atoms with Crippen LogP contribution in [0, 0.1) is 0 Å². The van der Waals surface area contributed by atoms with E-state index in [4.69, 9.17) is 10.5 Å². The van der Waals surface area contributed by atoms with Gasteiger partial charge in [-0.05, 0) is 51.3 Å². The molecule has 1 aromatic carbocycles. The van der Waals surface area contributed by atoms with Gasteiger partial charge in [-0.1, -0.05) is 13.3 Å². The molecule has 1 heterocycles. The lowest BCUT2D eigenvalue weighted by Crippen LogP contribution is -2.52. The monoisotopic (exact) mass is 304 g/mol. The number of methoxy groups -OCH3 is 1. The van der Waals surface area contributed by atoms with Crippen LogP contribution < -0.4 is 10.5 Å².